The van der Waals surface area contributed by atoms with Crippen LogP contribution < -0.4 is 5.32 Å². The summed E-state index contributed by atoms with van der Waals surface area (Å²) >= 11 is 0. The highest BCUT2D eigenvalue weighted by Crippen LogP contribution is 2.27. The Balaban J connectivity index is 1.40. The minimum absolute atomic E-state index is 0.303. The number of hydrogen-bond acceptors (Lipinski definition) is 5. The van der Waals surface area contributed by atoms with Crippen molar-refractivity contribution in [2.75, 3.05) is 18.5 Å². The molecule has 1 N–H and O–H groups in total. The predicted octanol–water partition coefficient (Wildman–Crippen LogP) is 5.41. The van der Waals surface area contributed by atoms with Crippen molar-refractivity contribution in [3.63, 3.8) is 0 Å². The fourth-order valence-corrected chi connectivity index (χ4v) is 3.93. The number of anilines is 1. The molecule has 0 radical (unpaired) electrons. The number of ether oxygens (including phenoxy) is 1. The summed E-state index contributed by atoms with van der Waals surface area (Å²) in [5.41, 5.74) is 5.41. The second kappa shape index (κ2) is 9.12. The molecule has 0 aliphatic rings. The summed E-state index contributed by atoms with van der Waals surface area (Å²) < 4.78 is 6.96. The van der Waals surface area contributed by atoms with Gasteiger partial charge in [0.25, 0.3) is 0 Å². The van der Waals surface area contributed by atoms with Crippen molar-refractivity contribution >= 4 is 33.5 Å². The maximum absolute atomic E-state index is 11.8. The molecule has 0 bridgehead atoms. The molecule has 2 heterocycles. The molecule has 0 aliphatic carbocycles. The van der Waals surface area contributed by atoms with Gasteiger partial charge in [-0.25, -0.2) is 9.48 Å². The third-order valence-corrected chi connectivity index (χ3v) is 5.55. The zero-order valence-electron chi connectivity index (χ0n) is 18.4. The Morgan fingerprint density at radius 3 is 2.48 bits per heavy atom. The standard InChI is InChI=1S/C27H24N4O2/c1-2-33-27(32)19-12-14-20(15-13-19)28-17-16-25-23-18-31(21-8-4-3-5-9-21)30-26(23)22-10-6-7-11-24(22)29-25/h3-15,18,28H,2,16-17H2,1H3. The second-order valence-corrected chi connectivity index (χ2v) is 7.72. The summed E-state index contributed by atoms with van der Waals surface area (Å²) in [6, 6.07) is 25.6. The van der Waals surface area contributed by atoms with E-state index in [-0.39, 0.29) is 5.97 Å². The van der Waals surface area contributed by atoms with E-state index in [1.54, 1.807) is 19.1 Å². The lowest BCUT2D eigenvalue weighted by Crippen LogP contribution is -2.08. The number of carbonyl (C=O) groups excluding carboxylic acids is 1. The van der Waals surface area contributed by atoms with Crippen LogP contribution in [0.1, 0.15) is 23.0 Å². The van der Waals surface area contributed by atoms with E-state index in [1.165, 1.54) is 0 Å². The lowest BCUT2D eigenvalue weighted by Gasteiger charge is -2.09. The van der Waals surface area contributed by atoms with Gasteiger partial charge >= 0.3 is 5.97 Å². The normalized spacial score (nSPS) is 11.1. The molecule has 5 rings (SSSR count). The average molecular weight is 437 g/mol. The molecule has 0 atom stereocenters. The maximum Gasteiger partial charge on any atom is 0.338 e. The number of aromatic nitrogens is 3. The first kappa shape index (κ1) is 20.7. The zero-order valence-corrected chi connectivity index (χ0v) is 18.4. The predicted molar refractivity (Wildman–Crippen MR) is 131 cm³/mol. The van der Waals surface area contributed by atoms with Crippen LogP contribution in [0.2, 0.25) is 0 Å². The molecule has 3 aromatic carbocycles. The summed E-state index contributed by atoms with van der Waals surface area (Å²) in [5, 5.41) is 10.4. The van der Waals surface area contributed by atoms with Crippen molar-refractivity contribution in [3.8, 4) is 5.69 Å². The summed E-state index contributed by atoms with van der Waals surface area (Å²) in [5.74, 6) is -0.303. The molecule has 2 aromatic heterocycles. The fraction of sp³-hybridized carbons (Fsp3) is 0.148. The van der Waals surface area contributed by atoms with Crippen molar-refractivity contribution in [1.29, 1.82) is 0 Å². The highest BCUT2D eigenvalue weighted by atomic mass is 16.5. The molecule has 6 heteroatoms. The third kappa shape index (κ3) is 4.28. The molecule has 6 nitrogen and oxygen atoms in total. The molecule has 0 unspecified atom stereocenters. The van der Waals surface area contributed by atoms with E-state index in [0.717, 1.165) is 45.3 Å². The van der Waals surface area contributed by atoms with Crippen molar-refractivity contribution in [2.45, 2.75) is 13.3 Å². The summed E-state index contributed by atoms with van der Waals surface area (Å²) in [4.78, 5) is 16.8. The number of rotatable bonds is 7. The first-order valence-electron chi connectivity index (χ1n) is 11.1. The Morgan fingerprint density at radius 1 is 0.939 bits per heavy atom. The smallest absolute Gasteiger partial charge is 0.338 e. The van der Waals surface area contributed by atoms with Crippen molar-refractivity contribution in [1.82, 2.24) is 14.8 Å². The Labute approximate surface area is 191 Å². The molecule has 0 aliphatic heterocycles. The molecule has 0 saturated carbocycles. The summed E-state index contributed by atoms with van der Waals surface area (Å²) in [7, 11) is 0. The minimum Gasteiger partial charge on any atom is -0.462 e. The van der Waals surface area contributed by atoms with E-state index < -0.39 is 0 Å². The van der Waals surface area contributed by atoms with Gasteiger partial charge in [0.2, 0.25) is 0 Å². The van der Waals surface area contributed by atoms with Gasteiger partial charge in [0.15, 0.2) is 0 Å². The maximum atomic E-state index is 11.8. The van der Waals surface area contributed by atoms with Gasteiger partial charge in [-0.1, -0.05) is 36.4 Å². The summed E-state index contributed by atoms with van der Waals surface area (Å²) in [6.45, 7) is 2.87. The number of nitrogens with one attached hydrogen (secondary N) is 1. The monoisotopic (exact) mass is 436 g/mol. The molecule has 0 amide bonds. The van der Waals surface area contributed by atoms with Crippen molar-refractivity contribution < 1.29 is 9.53 Å². The fourth-order valence-electron chi connectivity index (χ4n) is 3.93. The largest absolute Gasteiger partial charge is 0.462 e. The van der Waals surface area contributed by atoms with E-state index in [0.29, 0.717) is 18.7 Å². The quantitative estimate of drug-likeness (QED) is 0.346. The van der Waals surface area contributed by atoms with Crippen molar-refractivity contribution in [3.05, 3.63) is 96.3 Å². The van der Waals surface area contributed by atoms with Crippen LogP contribution in [0.3, 0.4) is 0 Å². The van der Waals surface area contributed by atoms with Crippen LogP contribution in [0.25, 0.3) is 27.5 Å². The average Bonchev–Trinajstić information content (AvgIpc) is 3.31. The first-order valence-corrected chi connectivity index (χ1v) is 11.1. The molecule has 5 aromatic rings. The number of carbonyl (C=O) groups is 1. The minimum atomic E-state index is -0.303. The van der Waals surface area contributed by atoms with E-state index in [2.05, 4.69) is 17.6 Å². The SMILES string of the molecule is CCOC(=O)c1ccc(NCCc2nc3ccccc3c3nn(-c4ccccc4)cc23)cc1. The van der Waals surface area contributed by atoms with Crippen LogP contribution >= 0.6 is 0 Å². The Hall–Kier alpha value is -4.19. The number of pyridine rings is 1. The van der Waals surface area contributed by atoms with Crippen LogP contribution in [0.15, 0.2) is 85.1 Å². The van der Waals surface area contributed by atoms with Gasteiger partial charge in [0, 0.05) is 35.6 Å². The van der Waals surface area contributed by atoms with Crippen LogP contribution in [0.5, 0.6) is 0 Å². The van der Waals surface area contributed by atoms with Crippen LogP contribution in [-0.2, 0) is 11.2 Å². The number of para-hydroxylation sites is 2. The Bertz CT molecular complexity index is 1410. The summed E-state index contributed by atoms with van der Waals surface area (Å²) in [6.07, 6.45) is 2.80. The first-order chi connectivity index (χ1) is 16.2. The van der Waals surface area contributed by atoms with Crippen LogP contribution in [0, 0.1) is 0 Å². The molecule has 33 heavy (non-hydrogen) atoms. The molecular weight excluding hydrogens is 412 g/mol. The van der Waals surface area contributed by atoms with Crippen LogP contribution in [0.4, 0.5) is 5.69 Å². The lowest BCUT2D eigenvalue weighted by atomic mass is 10.1. The van der Waals surface area contributed by atoms with Gasteiger partial charge in [-0.15, -0.1) is 0 Å². The number of fused-ring (bicyclic) bond motifs is 3. The van der Waals surface area contributed by atoms with E-state index in [1.807, 2.05) is 65.3 Å². The van der Waals surface area contributed by atoms with Gasteiger partial charge in [-0.2, -0.15) is 5.10 Å². The van der Waals surface area contributed by atoms with Crippen LogP contribution in [-0.4, -0.2) is 33.9 Å². The van der Waals surface area contributed by atoms with Gasteiger partial charge in [0.05, 0.1) is 29.1 Å². The topological polar surface area (TPSA) is 69.0 Å². The highest BCUT2D eigenvalue weighted by molar-refractivity contribution is 6.04. The highest BCUT2D eigenvalue weighted by Gasteiger charge is 2.13. The molecule has 0 saturated heterocycles. The van der Waals surface area contributed by atoms with Crippen molar-refractivity contribution in [2.24, 2.45) is 0 Å². The number of esters is 1. The van der Waals surface area contributed by atoms with Gasteiger partial charge in [-0.05, 0) is 49.4 Å². The molecular formula is C27H24N4O2. The number of nitrogens with zero attached hydrogens (tertiary/aromatic N) is 3. The van der Waals surface area contributed by atoms with E-state index >= 15 is 0 Å². The molecule has 164 valence electrons. The van der Waals surface area contributed by atoms with Gasteiger partial charge in [-0.3, -0.25) is 4.98 Å². The third-order valence-electron chi connectivity index (χ3n) is 5.55. The Kier molecular flexibility index (Phi) is 5.72. The Morgan fingerprint density at radius 2 is 1.70 bits per heavy atom. The van der Waals surface area contributed by atoms with E-state index in [9.17, 15) is 4.79 Å². The van der Waals surface area contributed by atoms with Gasteiger partial charge in [0.1, 0.15) is 5.52 Å². The second-order valence-electron chi connectivity index (χ2n) is 7.72. The number of benzene rings is 3. The molecule has 0 fully saturated rings. The van der Waals surface area contributed by atoms with E-state index in [4.69, 9.17) is 14.8 Å². The zero-order chi connectivity index (χ0) is 22.6. The molecule has 0 spiro atoms. The number of hydrogen-bond donors (Lipinski definition) is 1. The lowest BCUT2D eigenvalue weighted by molar-refractivity contribution is 0.0526. The van der Waals surface area contributed by atoms with Gasteiger partial charge < -0.3 is 10.1 Å².